The average Bonchev–Trinajstić information content (AvgIpc) is 2.85. The summed E-state index contributed by atoms with van der Waals surface area (Å²) in [5, 5.41) is 0. The van der Waals surface area contributed by atoms with Crippen LogP contribution in [0.3, 0.4) is 0 Å². The highest BCUT2D eigenvalue weighted by Gasteiger charge is 2.33. The Labute approximate surface area is 133 Å². The molecule has 2 aromatic rings. The molecule has 1 aliphatic rings. The number of hydrogen-bond acceptors (Lipinski definition) is 2. The predicted octanol–water partition coefficient (Wildman–Crippen LogP) is 4.03. The van der Waals surface area contributed by atoms with Gasteiger partial charge in [-0.3, -0.25) is 0 Å². The largest absolute Gasteiger partial charge is 0.331 e. The lowest BCUT2D eigenvalue weighted by atomic mass is 9.69. The van der Waals surface area contributed by atoms with Crippen LogP contribution < -0.4 is 5.73 Å². The lowest BCUT2D eigenvalue weighted by Gasteiger charge is -2.36. The number of fused-ring (bicyclic) bond motifs is 1. The van der Waals surface area contributed by atoms with Gasteiger partial charge in [0, 0.05) is 24.4 Å². The van der Waals surface area contributed by atoms with Gasteiger partial charge in [0.05, 0.1) is 11.0 Å². The Balaban J connectivity index is 2.10. The number of aryl methyl sites for hydroxylation is 1. The normalized spacial score (nSPS) is 18.8. The minimum atomic E-state index is 0.0598. The molecule has 0 amide bonds. The minimum Gasteiger partial charge on any atom is -0.331 e. The Morgan fingerprint density at radius 1 is 1.18 bits per heavy atom. The van der Waals surface area contributed by atoms with Crippen molar-refractivity contribution in [2.75, 3.05) is 6.54 Å². The van der Waals surface area contributed by atoms with Crippen molar-refractivity contribution in [3.8, 4) is 0 Å². The molecule has 1 saturated carbocycles. The van der Waals surface area contributed by atoms with E-state index < -0.39 is 0 Å². The van der Waals surface area contributed by atoms with Crippen LogP contribution in [0.4, 0.5) is 0 Å². The van der Waals surface area contributed by atoms with Crippen molar-refractivity contribution in [2.45, 2.75) is 63.7 Å². The number of aromatic nitrogens is 2. The zero-order valence-corrected chi connectivity index (χ0v) is 14.4. The zero-order chi connectivity index (χ0) is 16.0. The van der Waals surface area contributed by atoms with E-state index in [0.29, 0.717) is 0 Å². The number of hydrogen-bond donors (Lipinski definition) is 1. The van der Waals surface area contributed by atoms with E-state index in [4.69, 9.17) is 10.7 Å². The number of imidazole rings is 1. The van der Waals surface area contributed by atoms with Crippen molar-refractivity contribution >= 4 is 11.0 Å². The lowest BCUT2D eigenvalue weighted by Crippen LogP contribution is -2.37. The topological polar surface area (TPSA) is 43.8 Å². The van der Waals surface area contributed by atoms with E-state index in [2.05, 4.69) is 50.6 Å². The highest BCUT2D eigenvalue weighted by molar-refractivity contribution is 5.77. The fourth-order valence-electron chi connectivity index (χ4n) is 4.04. The van der Waals surface area contributed by atoms with E-state index in [-0.39, 0.29) is 10.8 Å². The number of nitrogens with zero attached hydrogens (tertiary/aromatic N) is 2. The molecular formula is C19H29N3. The third kappa shape index (κ3) is 2.45. The van der Waals surface area contributed by atoms with E-state index in [1.54, 1.807) is 0 Å². The fraction of sp³-hybridized carbons (Fsp3) is 0.632. The Bertz CT molecular complexity index is 670. The molecule has 1 aromatic carbocycles. The summed E-state index contributed by atoms with van der Waals surface area (Å²) < 4.78 is 2.23. The van der Waals surface area contributed by atoms with Gasteiger partial charge in [-0.25, -0.2) is 4.98 Å². The van der Waals surface area contributed by atoms with Gasteiger partial charge in [-0.15, -0.1) is 0 Å². The monoisotopic (exact) mass is 299 g/mol. The molecule has 0 aliphatic heterocycles. The van der Waals surface area contributed by atoms with Gasteiger partial charge >= 0.3 is 0 Å². The van der Waals surface area contributed by atoms with Crippen molar-refractivity contribution in [1.29, 1.82) is 0 Å². The van der Waals surface area contributed by atoms with Crippen LogP contribution in [0.2, 0.25) is 0 Å². The van der Waals surface area contributed by atoms with Crippen LogP contribution in [0, 0.1) is 0 Å². The van der Waals surface area contributed by atoms with Gasteiger partial charge < -0.3 is 10.3 Å². The molecule has 120 valence electrons. The van der Waals surface area contributed by atoms with Crippen LogP contribution in [0.15, 0.2) is 18.2 Å². The smallest absolute Gasteiger partial charge is 0.115 e. The summed E-state index contributed by atoms with van der Waals surface area (Å²) in [5.41, 5.74) is 10.1. The minimum absolute atomic E-state index is 0.0598. The second kappa shape index (κ2) is 5.38. The summed E-state index contributed by atoms with van der Waals surface area (Å²) in [5.74, 6) is 1.14. The Morgan fingerprint density at radius 2 is 1.86 bits per heavy atom. The summed E-state index contributed by atoms with van der Waals surface area (Å²) in [4.78, 5) is 4.93. The summed E-state index contributed by atoms with van der Waals surface area (Å²) in [6, 6.07) is 6.82. The van der Waals surface area contributed by atoms with Crippen LogP contribution in [-0.4, -0.2) is 16.1 Å². The number of rotatable bonds is 2. The van der Waals surface area contributed by atoms with Crippen LogP contribution in [0.5, 0.6) is 0 Å². The molecule has 0 radical (unpaired) electrons. The molecule has 1 fully saturated rings. The maximum Gasteiger partial charge on any atom is 0.115 e. The van der Waals surface area contributed by atoms with Gasteiger partial charge in [0.2, 0.25) is 0 Å². The molecule has 3 rings (SSSR count). The first-order chi connectivity index (χ1) is 10.4. The van der Waals surface area contributed by atoms with Gasteiger partial charge in [-0.05, 0) is 30.5 Å². The highest BCUT2D eigenvalue weighted by atomic mass is 15.1. The summed E-state index contributed by atoms with van der Waals surface area (Å²) in [6.07, 6.45) is 6.37. The SMILES string of the molecule is Cn1c(C(C)(C)C)nc2cc(C3(CN)CCCCC3)ccc21. The molecule has 2 N–H and O–H groups in total. The first-order valence-corrected chi connectivity index (χ1v) is 8.55. The molecule has 0 spiro atoms. The standard InChI is InChI=1S/C19H29N3/c1-18(2,3)17-21-15-12-14(8-9-16(15)22(17)4)19(13-20)10-6-5-7-11-19/h8-9,12H,5-7,10-11,13,20H2,1-4H3. The molecule has 1 aliphatic carbocycles. The van der Waals surface area contributed by atoms with Crippen molar-refractivity contribution in [3.63, 3.8) is 0 Å². The number of nitrogens with two attached hydrogens (primary N) is 1. The highest BCUT2D eigenvalue weighted by Crippen LogP contribution is 2.39. The second-order valence-corrected chi connectivity index (χ2v) is 7.99. The molecule has 3 nitrogen and oxygen atoms in total. The van der Waals surface area contributed by atoms with Crippen LogP contribution >= 0.6 is 0 Å². The molecular weight excluding hydrogens is 270 g/mol. The molecule has 1 aromatic heterocycles. The lowest BCUT2D eigenvalue weighted by molar-refractivity contribution is 0.301. The number of benzene rings is 1. The van der Waals surface area contributed by atoms with E-state index >= 15 is 0 Å². The average molecular weight is 299 g/mol. The molecule has 22 heavy (non-hydrogen) atoms. The third-order valence-corrected chi connectivity index (χ3v) is 5.37. The van der Waals surface area contributed by atoms with Gasteiger partial charge in [-0.1, -0.05) is 46.1 Å². The molecule has 0 atom stereocenters. The van der Waals surface area contributed by atoms with Crippen molar-refractivity contribution < 1.29 is 0 Å². The molecule has 0 saturated heterocycles. The quantitative estimate of drug-likeness (QED) is 0.909. The van der Waals surface area contributed by atoms with E-state index in [9.17, 15) is 0 Å². The second-order valence-electron chi connectivity index (χ2n) is 7.99. The van der Waals surface area contributed by atoms with E-state index in [1.807, 2.05) is 0 Å². The molecule has 3 heteroatoms. The van der Waals surface area contributed by atoms with Gasteiger partial charge in [-0.2, -0.15) is 0 Å². The third-order valence-electron chi connectivity index (χ3n) is 5.37. The Morgan fingerprint density at radius 3 is 2.45 bits per heavy atom. The van der Waals surface area contributed by atoms with Crippen LogP contribution in [0.1, 0.15) is 64.3 Å². The van der Waals surface area contributed by atoms with Crippen molar-refractivity contribution in [1.82, 2.24) is 9.55 Å². The molecule has 0 unspecified atom stereocenters. The summed E-state index contributed by atoms with van der Waals surface area (Å²) >= 11 is 0. The first-order valence-electron chi connectivity index (χ1n) is 8.55. The zero-order valence-electron chi connectivity index (χ0n) is 14.4. The van der Waals surface area contributed by atoms with E-state index in [0.717, 1.165) is 17.9 Å². The maximum atomic E-state index is 6.19. The fourth-order valence-corrected chi connectivity index (χ4v) is 4.04. The van der Waals surface area contributed by atoms with E-state index in [1.165, 1.54) is 43.2 Å². The first kappa shape index (κ1) is 15.5. The summed E-state index contributed by atoms with van der Waals surface area (Å²) in [7, 11) is 2.12. The summed E-state index contributed by atoms with van der Waals surface area (Å²) in [6.45, 7) is 7.41. The van der Waals surface area contributed by atoms with Crippen LogP contribution in [0.25, 0.3) is 11.0 Å². The van der Waals surface area contributed by atoms with Crippen molar-refractivity contribution in [3.05, 3.63) is 29.6 Å². The Hall–Kier alpha value is -1.35. The predicted molar refractivity (Wildman–Crippen MR) is 93.2 cm³/mol. The van der Waals surface area contributed by atoms with Gasteiger partial charge in [0.25, 0.3) is 0 Å². The molecule has 1 heterocycles. The van der Waals surface area contributed by atoms with Crippen LogP contribution in [-0.2, 0) is 17.9 Å². The maximum absolute atomic E-state index is 6.19. The van der Waals surface area contributed by atoms with Crippen molar-refractivity contribution in [2.24, 2.45) is 12.8 Å². The van der Waals surface area contributed by atoms with Gasteiger partial charge in [0.15, 0.2) is 0 Å². The Kier molecular flexibility index (Phi) is 3.80. The molecule has 0 bridgehead atoms. The van der Waals surface area contributed by atoms with Gasteiger partial charge in [0.1, 0.15) is 5.82 Å².